The van der Waals surface area contributed by atoms with Crippen LogP contribution in [-0.2, 0) is 9.59 Å². The third kappa shape index (κ3) is 4.99. The number of hydrogen-bond donors (Lipinski definition) is 1. The van der Waals surface area contributed by atoms with Crippen molar-refractivity contribution in [3.63, 3.8) is 0 Å². The number of carboxylic acid groups (broad SMARTS) is 1. The number of nitrogens with zero attached hydrogens (tertiary/aromatic N) is 2. The number of nitriles is 1. The zero-order chi connectivity index (χ0) is 15.8. The Morgan fingerprint density at radius 1 is 1.48 bits per heavy atom. The monoisotopic (exact) mass is 288 g/mol. The highest BCUT2D eigenvalue weighted by atomic mass is 16.5. The van der Waals surface area contributed by atoms with Gasteiger partial charge in [0.25, 0.3) is 5.91 Å². The summed E-state index contributed by atoms with van der Waals surface area (Å²) in [5.41, 5.74) is 0.487. The summed E-state index contributed by atoms with van der Waals surface area (Å²) in [6, 6.07) is 8.29. The molecule has 0 radical (unpaired) electrons. The van der Waals surface area contributed by atoms with Gasteiger partial charge in [-0.1, -0.05) is 6.08 Å². The van der Waals surface area contributed by atoms with E-state index < -0.39 is 24.5 Å². The molecule has 0 aliphatic carbocycles. The second kappa shape index (κ2) is 7.70. The van der Waals surface area contributed by atoms with Crippen LogP contribution in [-0.4, -0.2) is 41.1 Å². The Hall–Kier alpha value is -2.81. The van der Waals surface area contributed by atoms with Gasteiger partial charge in [0.15, 0.2) is 6.10 Å². The van der Waals surface area contributed by atoms with E-state index >= 15 is 0 Å². The summed E-state index contributed by atoms with van der Waals surface area (Å²) in [6.07, 6.45) is 0.618. The van der Waals surface area contributed by atoms with Crippen LogP contribution in [0.2, 0.25) is 0 Å². The molecule has 0 saturated heterocycles. The Morgan fingerprint density at radius 3 is 2.57 bits per heavy atom. The number of aliphatic carboxylic acids is 1. The summed E-state index contributed by atoms with van der Waals surface area (Å²) in [7, 11) is 0. The highest BCUT2D eigenvalue weighted by Gasteiger charge is 2.23. The fraction of sp³-hybridized carbons (Fsp3) is 0.267. The Labute approximate surface area is 122 Å². The van der Waals surface area contributed by atoms with Crippen molar-refractivity contribution in [3.05, 3.63) is 42.5 Å². The SMILES string of the molecule is C=CCN(CC(=O)O)C(=O)C(C)Oc1ccc(C#N)cc1. The summed E-state index contributed by atoms with van der Waals surface area (Å²) >= 11 is 0. The van der Waals surface area contributed by atoms with Gasteiger partial charge >= 0.3 is 5.97 Å². The van der Waals surface area contributed by atoms with Crippen molar-refractivity contribution in [3.8, 4) is 11.8 Å². The first kappa shape index (κ1) is 16.2. The lowest BCUT2D eigenvalue weighted by atomic mass is 10.2. The van der Waals surface area contributed by atoms with Crippen molar-refractivity contribution in [2.75, 3.05) is 13.1 Å². The zero-order valence-electron chi connectivity index (χ0n) is 11.7. The predicted octanol–water partition coefficient (Wildman–Crippen LogP) is 1.42. The first-order chi connectivity index (χ1) is 9.97. The van der Waals surface area contributed by atoms with Gasteiger partial charge in [0.05, 0.1) is 11.6 Å². The molecule has 1 amide bonds. The second-order valence-corrected chi connectivity index (χ2v) is 4.30. The van der Waals surface area contributed by atoms with Crippen LogP contribution < -0.4 is 4.74 Å². The quantitative estimate of drug-likeness (QED) is 0.766. The lowest BCUT2D eigenvalue weighted by molar-refractivity contribution is -0.146. The number of amides is 1. The maximum atomic E-state index is 12.1. The summed E-state index contributed by atoms with van der Waals surface area (Å²) < 4.78 is 5.46. The van der Waals surface area contributed by atoms with Crippen LogP contribution >= 0.6 is 0 Å². The lowest BCUT2D eigenvalue weighted by Crippen LogP contribution is -2.43. The van der Waals surface area contributed by atoms with Crippen LogP contribution in [0.15, 0.2) is 36.9 Å². The molecule has 1 rings (SSSR count). The molecule has 6 heteroatoms. The van der Waals surface area contributed by atoms with E-state index in [9.17, 15) is 9.59 Å². The molecule has 1 atom stereocenters. The highest BCUT2D eigenvalue weighted by Crippen LogP contribution is 2.14. The standard InChI is InChI=1S/C15H16N2O4/c1-3-8-17(10-14(18)19)15(20)11(2)21-13-6-4-12(9-16)5-7-13/h3-7,11H,1,8,10H2,2H3,(H,18,19). The third-order valence-electron chi connectivity index (χ3n) is 2.63. The van der Waals surface area contributed by atoms with E-state index in [1.54, 1.807) is 31.2 Å². The third-order valence-corrected chi connectivity index (χ3v) is 2.63. The van der Waals surface area contributed by atoms with E-state index in [4.69, 9.17) is 15.1 Å². The number of carbonyl (C=O) groups is 2. The number of hydrogen-bond acceptors (Lipinski definition) is 4. The largest absolute Gasteiger partial charge is 0.481 e. The molecule has 21 heavy (non-hydrogen) atoms. The molecule has 110 valence electrons. The predicted molar refractivity (Wildman–Crippen MR) is 75.7 cm³/mol. The van der Waals surface area contributed by atoms with Gasteiger partial charge in [-0.15, -0.1) is 6.58 Å². The van der Waals surface area contributed by atoms with E-state index in [1.807, 2.05) is 6.07 Å². The first-order valence-corrected chi connectivity index (χ1v) is 6.26. The minimum Gasteiger partial charge on any atom is -0.481 e. The van der Waals surface area contributed by atoms with E-state index in [1.165, 1.54) is 6.08 Å². The molecule has 1 N–H and O–H groups in total. The van der Waals surface area contributed by atoms with Crippen molar-refractivity contribution in [2.24, 2.45) is 0 Å². The Bertz CT molecular complexity index is 560. The molecule has 0 aromatic heterocycles. The van der Waals surface area contributed by atoms with Crippen LogP contribution in [0.5, 0.6) is 5.75 Å². The molecule has 0 aliphatic heterocycles. The van der Waals surface area contributed by atoms with Crippen molar-refractivity contribution in [2.45, 2.75) is 13.0 Å². The number of carboxylic acids is 1. The Morgan fingerprint density at radius 2 is 2.10 bits per heavy atom. The lowest BCUT2D eigenvalue weighted by Gasteiger charge is -2.23. The van der Waals surface area contributed by atoms with Gasteiger partial charge in [0, 0.05) is 6.54 Å². The molecule has 0 spiro atoms. The topological polar surface area (TPSA) is 90.6 Å². The van der Waals surface area contributed by atoms with Crippen molar-refractivity contribution in [1.82, 2.24) is 4.90 Å². The summed E-state index contributed by atoms with van der Waals surface area (Å²) in [5, 5.41) is 17.5. The second-order valence-electron chi connectivity index (χ2n) is 4.30. The first-order valence-electron chi connectivity index (χ1n) is 6.26. The van der Waals surface area contributed by atoms with Crippen LogP contribution in [0.3, 0.4) is 0 Å². The van der Waals surface area contributed by atoms with Crippen LogP contribution in [0, 0.1) is 11.3 Å². The number of rotatable bonds is 7. The molecule has 0 heterocycles. The number of carbonyl (C=O) groups excluding carboxylic acids is 1. The van der Waals surface area contributed by atoms with Gasteiger partial charge in [0.2, 0.25) is 0 Å². The summed E-state index contributed by atoms with van der Waals surface area (Å²) in [4.78, 5) is 24.0. The van der Waals surface area contributed by atoms with E-state index in [0.29, 0.717) is 11.3 Å². The van der Waals surface area contributed by atoms with Crippen molar-refractivity contribution >= 4 is 11.9 Å². The fourth-order valence-corrected chi connectivity index (χ4v) is 1.67. The molecular weight excluding hydrogens is 272 g/mol. The normalized spacial score (nSPS) is 11.0. The van der Waals surface area contributed by atoms with Gasteiger partial charge in [-0.3, -0.25) is 9.59 Å². The van der Waals surface area contributed by atoms with Crippen LogP contribution in [0.4, 0.5) is 0 Å². The summed E-state index contributed by atoms with van der Waals surface area (Å²) in [6.45, 7) is 4.75. The number of benzene rings is 1. The minimum atomic E-state index is -1.10. The van der Waals surface area contributed by atoms with E-state index in [-0.39, 0.29) is 6.54 Å². The highest BCUT2D eigenvalue weighted by molar-refractivity contribution is 5.84. The van der Waals surface area contributed by atoms with Crippen LogP contribution in [0.1, 0.15) is 12.5 Å². The van der Waals surface area contributed by atoms with Gasteiger partial charge in [-0.05, 0) is 31.2 Å². The van der Waals surface area contributed by atoms with Gasteiger partial charge in [-0.2, -0.15) is 5.26 Å². The molecular formula is C15H16N2O4. The molecule has 1 unspecified atom stereocenters. The van der Waals surface area contributed by atoms with E-state index in [2.05, 4.69) is 6.58 Å². The Balaban J connectivity index is 2.73. The fourth-order valence-electron chi connectivity index (χ4n) is 1.67. The van der Waals surface area contributed by atoms with Gasteiger partial charge < -0.3 is 14.7 Å². The van der Waals surface area contributed by atoms with Gasteiger partial charge in [0.1, 0.15) is 12.3 Å². The summed E-state index contributed by atoms with van der Waals surface area (Å²) in [5.74, 6) is -1.11. The molecule has 1 aromatic carbocycles. The van der Waals surface area contributed by atoms with Gasteiger partial charge in [-0.25, -0.2) is 0 Å². The molecule has 0 bridgehead atoms. The molecule has 1 aromatic rings. The molecule has 0 fully saturated rings. The van der Waals surface area contributed by atoms with Crippen molar-refractivity contribution in [1.29, 1.82) is 5.26 Å². The van der Waals surface area contributed by atoms with E-state index in [0.717, 1.165) is 4.90 Å². The maximum Gasteiger partial charge on any atom is 0.323 e. The minimum absolute atomic E-state index is 0.131. The van der Waals surface area contributed by atoms with Crippen molar-refractivity contribution < 1.29 is 19.4 Å². The molecule has 6 nitrogen and oxygen atoms in total. The maximum absolute atomic E-state index is 12.1. The smallest absolute Gasteiger partial charge is 0.323 e. The average Bonchev–Trinajstić information content (AvgIpc) is 2.46. The number of ether oxygens (including phenoxy) is 1. The zero-order valence-corrected chi connectivity index (χ0v) is 11.7. The van der Waals surface area contributed by atoms with Crippen LogP contribution in [0.25, 0.3) is 0 Å². The molecule has 0 saturated carbocycles. The molecule has 0 aliphatic rings. The average molecular weight is 288 g/mol. The Kier molecular flexibility index (Phi) is 5.96.